The van der Waals surface area contributed by atoms with Crippen molar-refractivity contribution in [3.63, 3.8) is 0 Å². The number of nitrogens with zero attached hydrogens (tertiary/aromatic N) is 4. The first-order valence-corrected chi connectivity index (χ1v) is 10.7. The van der Waals surface area contributed by atoms with E-state index in [1.54, 1.807) is 0 Å². The van der Waals surface area contributed by atoms with Gasteiger partial charge >= 0.3 is 0 Å². The minimum absolute atomic E-state index is 0.214. The van der Waals surface area contributed by atoms with Crippen molar-refractivity contribution in [3.8, 4) is 0 Å². The van der Waals surface area contributed by atoms with Crippen LogP contribution in [0.3, 0.4) is 0 Å². The van der Waals surface area contributed by atoms with Crippen LogP contribution in [0.1, 0.15) is 11.5 Å². The molecule has 0 spiro atoms. The highest BCUT2D eigenvalue weighted by Gasteiger charge is 2.31. The van der Waals surface area contributed by atoms with Gasteiger partial charge in [-0.15, -0.1) is 0 Å². The number of halogens is 2. The molecule has 1 saturated heterocycles. The fourth-order valence-corrected chi connectivity index (χ4v) is 4.98. The molecule has 29 heavy (non-hydrogen) atoms. The maximum atomic E-state index is 14.0. The van der Waals surface area contributed by atoms with Gasteiger partial charge in [-0.2, -0.15) is 4.31 Å². The van der Waals surface area contributed by atoms with E-state index < -0.39 is 26.6 Å². The highest BCUT2D eigenvalue weighted by atomic mass is 32.2. The molecule has 1 aliphatic rings. The summed E-state index contributed by atoms with van der Waals surface area (Å²) in [7, 11) is -4.01. The van der Waals surface area contributed by atoms with Crippen LogP contribution in [-0.4, -0.2) is 53.8 Å². The van der Waals surface area contributed by atoms with Crippen LogP contribution in [-0.2, 0) is 16.6 Å². The predicted molar refractivity (Wildman–Crippen MR) is 105 cm³/mol. The van der Waals surface area contributed by atoms with Crippen molar-refractivity contribution >= 4 is 20.9 Å². The molecule has 3 aromatic rings. The van der Waals surface area contributed by atoms with Crippen LogP contribution in [0.15, 0.2) is 47.4 Å². The number of benzene rings is 2. The second kappa shape index (κ2) is 7.74. The number of hydrogen-bond donors (Lipinski definition) is 0. The monoisotopic (exact) mass is 418 g/mol. The van der Waals surface area contributed by atoms with Crippen LogP contribution < -0.4 is 0 Å². The van der Waals surface area contributed by atoms with Crippen molar-refractivity contribution in [2.24, 2.45) is 0 Å². The molecule has 2 heterocycles. The van der Waals surface area contributed by atoms with E-state index in [0.29, 0.717) is 31.5 Å². The number of para-hydroxylation sites is 1. The maximum absolute atomic E-state index is 14.0. The summed E-state index contributed by atoms with van der Waals surface area (Å²) in [5, 5.41) is 1.01. The molecule has 9 heteroatoms. The number of rotatable bonds is 4. The fourth-order valence-electron chi connectivity index (χ4n) is 3.52. The Bertz CT molecular complexity index is 1160. The summed E-state index contributed by atoms with van der Waals surface area (Å²) in [6.07, 6.45) is 0. The quantitative estimate of drug-likeness (QED) is 0.652. The van der Waals surface area contributed by atoms with Gasteiger partial charge in [0.25, 0.3) is 0 Å². The van der Waals surface area contributed by atoms with Gasteiger partial charge in [-0.1, -0.05) is 18.2 Å². The van der Waals surface area contributed by atoms with Gasteiger partial charge in [0, 0.05) is 43.3 Å². The zero-order valence-electron chi connectivity index (χ0n) is 15.8. The second-order valence-electron chi connectivity index (χ2n) is 7.00. The summed E-state index contributed by atoms with van der Waals surface area (Å²) < 4.78 is 53.7. The fraction of sp³-hybridized carbons (Fsp3) is 0.300. The number of aromatic nitrogens is 2. The standard InChI is InChI=1S/C20H20F2N4O2S/c1-14-16-4-2-3-5-18(16)24-20(23-14)13-25-8-10-26(11-9-25)29(27,28)19-7-6-15(21)12-17(19)22/h2-7,12H,8-11,13H2,1H3. The summed E-state index contributed by atoms with van der Waals surface area (Å²) >= 11 is 0. The molecular formula is C20H20F2N4O2S. The molecule has 4 rings (SSSR count). The van der Waals surface area contributed by atoms with Gasteiger partial charge in [0.1, 0.15) is 22.4 Å². The molecular weight excluding hydrogens is 398 g/mol. The lowest BCUT2D eigenvalue weighted by atomic mass is 10.2. The molecule has 2 aromatic carbocycles. The molecule has 0 atom stereocenters. The molecule has 1 aliphatic heterocycles. The van der Waals surface area contributed by atoms with Crippen molar-refractivity contribution in [2.75, 3.05) is 26.2 Å². The number of fused-ring (bicyclic) bond motifs is 1. The van der Waals surface area contributed by atoms with E-state index in [1.165, 1.54) is 4.31 Å². The minimum Gasteiger partial charge on any atom is -0.293 e. The number of hydrogen-bond acceptors (Lipinski definition) is 5. The molecule has 1 aromatic heterocycles. The van der Waals surface area contributed by atoms with Crippen LogP contribution in [0, 0.1) is 18.6 Å². The van der Waals surface area contributed by atoms with E-state index in [4.69, 9.17) is 0 Å². The molecule has 0 amide bonds. The van der Waals surface area contributed by atoms with Crippen molar-refractivity contribution < 1.29 is 17.2 Å². The lowest BCUT2D eigenvalue weighted by Gasteiger charge is -2.33. The largest absolute Gasteiger partial charge is 0.293 e. The second-order valence-corrected chi connectivity index (χ2v) is 8.90. The molecule has 6 nitrogen and oxygen atoms in total. The normalized spacial score (nSPS) is 16.4. The molecule has 0 N–H and O–H groups in total. The highest BCUT2D eigenvalue weighted by Crippen LogP contribution is 2.22. The van der Waals surface area contributed by atoms with E-state index in [1.807, 2.05) is 31.2 Å². The summed E-state index contributed by atoms with van der Waals surface area (Å²) in [6.45, 7) is 3.81. The van der Waals surface area contributed by atoms with Crippen LogP contribution in [0.5, 0.6) is 0 Å². The van der Waals surface area contributed by atoms with Crippen LogP contribution in [0.25, 0.3) is 10.9 Å². The first-order chi connectivity index (χ1) is 13.8. The van der Waals surface area contributed by atoms with E-state index in [0.717, 1.165) is 28.7 Å². The summed E-state index contributed by atoms with van der Waals surface area (Å²) in [6, 6.07) is 10.3. The zero-order valence-corrected chi connectivity index (χ0v) is 16.7. The van der Waals surface area contributed by atoms with Crippen LogP contribution in [0.2, 0.25) is 0 Å². The van der Waals surface area contributed by atoms with Crippen molar-refractivity contribution in [1.29, 1.82) is 0 Å². The number of piperazine rings is 1. The Hall–Kier alpha value is -2.49. The number of aryl methyl sites for hydroxylation is 1. The lowest BCUT2D eigenvalue weighted by molar-refractivity contribution is 0.178. The van der Waals surface area contributed by atoms with Gasteiger partial charge in [0.15, 0.2) is 0 Å². The molecule has 1 fully saturated rings. The topological polar surface area (TPSA) is 66.4 Å². The van der Waals surface area contributed by atoms with Gasteiger partial charge in [0.2, 0.25) is 10.0 Å². The van der Waals surface area contributed by atoms with Gasteiger partial charge < -0.3 is 0 Å². The van der Waals surface area contributed by atoms with Crippen molar-refractivity contribution in [3.05, 3.63) is 65.6 Å². The molecule has 0 aliphatic carbocycles. The predicted octanol–water partition coefficient (Wildman–Crippen LogP) is 2.72. The average Bonchev–Trinajstić information content (AvgIpc) is 2.68. The average molecular weight is 418 g/mol. The Morgan fingerprint density at radius 1 is 1.00 bits per heavy atom. The SMILES string of the molecule is Cc1nc(CN2CCN(S(=O)(=O)c3ccc(F)cc3F)CC2)nc2ccccc12. The molecule has 152 valence electrons. The summed E-state index contributed by atoms with van der Waals surface area (Å²) in [5.74, 6) is -1.20. The zero-order chi connectivity index (χ0) is 20.6. The van der Waals surface area contributed by atoms with Crippen molar-refractivity contribution in [1.82, 2.24) is 19.2 Å². The summed E-state index contributed by atoms with van der Waals surface area (Å²) in [5.41, 5.74) is 1.78. The Balaban J connectivity index is 1.46. The highest BCUT2D eigenvalue weighted by molar-refractivity contribution is 7.89. The van der Waals surface area contributed by atoms with E-state index in [-0.39, 0.29) is 13.1 Å². The smallest absolute Gasteiger partial charge is 0.246 e. The Kier molecular flexibility index (Phi) is 5.28. The Morgan fingerprint density at radius 3 is 2.45 bits per heavy atom. The van der Waals surface area contributed by atoms with Gasteiger partial charge in [0.05, 0.1) is 12.1 Å². The number of sulfonamides is 1. The third-order valence-electron chi connectivity index (χ3n) is 5.05. The first kappa shape index (κ1) is 19.8. The molecule has 0 radical (unpaired) electrons. The third-order valence-corrected chi connectivity index (χ3v) is 6.98. The molecule has 0 bridgehead atoms. The lowest BCUT2D eigenvalue weighted by Crippen LogP contribution is -2.48. The molecule has 0 unspecified atom stereocenters. The van der Waals surface area contributed by atoms with Crippen molar-refractivity contribution in [2.45, 2.75) is 18.4 Å². The third kappa shape index (κ3) is 3.98. The summed E-state index contributed by atoms with van der Waals surface area (Å²) in [4.78, 5) is 10.7. The minimum atomic E-state index is -4.01. The van der Waals surface area contributed by atoms with E-state index >= 15 is 0 Å². The van der Waals surface area contributed by atoms with E-state index in [9.17, 15) is 17.2 Å². The van der Waals surface area contributed by atoms with Crippen LogP contribution >= 0.6 is 0 Å². The van der Waals surface area contributed by atoms with Gasteiger partial charge in [-0.05, 0) is 25.1 Å². The van der Waals surface area contributed by atoms with Crippen LogP contribution in [0.4, 0.5) is 8.78 Å². The van der Waals surface area contributed by atoms with Gasteiger partial charge in [-0.25, -0.2) is 27.2 Å². The maximum Gasteiger partial charge on any atom is 0.246 e. The van der Waals surface area contributed by atoms with Gasteiger partial charge in [-0.3, -0.25) is 4.90 Å². The van der Waals surface area contributed by atoms with E-state index in [2.05, 4.69) is 14.9 Å². The first-order valence-electron chi connectivity index (χ1n) is 9.24. The Labute approximate surface area is 167 Å². The Morgan fingerprint density at radius 2 is 1.72 bits per heavy atom. The molecule has 0 saturated carbocycles.